The first-order valence-corrected chi connectivity index (χ1v) is 15.8. The SMILES string of the molecule is O=c1c2ccc(-c3ccccc3-c3ccccc3)cc2oc2c1ccc1oc3cc(-c4ccccc4-c4ccccc4)ccc3c(=O)c12. The third kappa shape index (κ3) is 4.46. The highest BCUT2D eigenvalue weighted by Crippen LogP contribution is 2.36. The molecule has 9 rings (SSSR count). The van der Waals surface area contributed by atoms with Gasteiger partial charge in [-0.25, -0.2) is 0 Å². The van der Waals surface area contributed by atoms with Gasteiger partial charge in [-0.2, -0.15) is 0 Å². The Kier molecular flexibility index (Phi) is 6.41. The standard InChI is InChI=1S/C44H26O4/c45-42-35-21-19-30(34-18-10-8-16-32(34)28-13-5-2-6-14-28)26-40(35)48-44-37(42)23-24-38-41(44)43(46)36-22-20-29(25-39(36)47-38)33-17-9-7-15-31(33)27-11-3-1-4-12-27/h1-26H. The normalized spacial score (nSPS) is 11.5. The smallest absolute Gasteiger partial charge is 0.204 e. The summed E-state index contributed by atoms with van der Waals surface area (Å²) >= 11 is 0. The second-order valence-electron chi connectivity index (χ2n) is 11.9. The summed E-state index contributed by atoms with van der Waals surface area (Å²) < 4.78 is 12.9. The summed E-state index contributed by atoms with van der Waals surface area (Å²) in [5.41, 5.74) is 9.29. The Morgan fingerprint density at radius 3 is 1.31 bits per heavy atom. The third-order valence-electron chi connectivity index (χ3n) is 9.12. The van der Waals surface area contributed by atoms with Crippen LogP contribution >= 0.6 is 0 Å². The minimum absolute atomic E-state index is 0.191. The van der Waals surface area contributed by atoms with Crippen molar-refractivity contribution in [2.24, 2.45) is 0 Å². The first-order chi connectivity index (χ1) is 23.6. The lowest BCUT2D eigenvalue weighted by Crippen LogP contribution is -2.07. The summed E-state index contributed by atoms with van der Waals surface area (Å²) in [7, 11) is 0. The van der Waals surface area contributed by atoms with Gasteiger partial charge in [0.2, 0.25) is 10.9 Å². The summed E-state index contributed by atoms with van der Waals surface area (Å²) in [6.45, 7) is 0. The van der Waals surface area contributed by atoms with Crippen LogP contribution < -0.4 is 10.9 Å². The van der Waals surface area contributed by atoms with Crippen LogP contribution in [-0.2, 0) is 0 Å². The van der Waals surface area contributed by atoms with E-state index < -0.39 is 0 Å². The minimum Gasteiger partial charge on any atom is -0.456 e. The van der Waals surface area contributed by atoms with E-state index in [0.717, 1.165) is 44.5 Å². The van der Waals surface area contributed by atoms with Gasteiger partial charge in [-0.15, -0.1) is 0 Å². The van der Waals surface area contributed by atoms with E-state index in [4.69, 9.17) is 8.83 Å². The monoisotopic (exact) mass is 618 g/mol. The van der Waals surface area contributed by atoms with E-state index in [0.29, 0.717) is 32.9 Å². The van der Waals surface area contributed by atoms with Crippen molar-refractivity contribution in [3.05, 3.63) is 178 Å². The number of fused-ring (bicyclic) bond motifs is 5. The van der Waals surface area contributed by atoms with Crippen LogP contribution in [-0.4, -0.2) is 0 Å². The molecule has 0 aliphatic rings. The summed E-state index contributed by atoms with van der Waals surface area (Å²) in [5, 5.41) is 1.47. The average Bonchev–Trinajstić information content (AvgIpc) is 3.15. The van der Waals surface area contributed by atoms with Gasteiger partial charge in [-0.1, -0.05) is 121 Å². The van der Waals surface area contributed by atoms with E-state index in [1.54, 1.807) is 24.3 Å². The molecular weight excluding hydrogens is 592 g/mol. The first kappa shape index (κ1) is 27.8. The number of rotatable bonds is 4. The maximum Gasteiger partial charge on any atom is 0.204 e. The van der Waals surface area contributed by atoms with Crippen molar-refractivity contribution in [1.29, 1.82) is 0 Å². The fraction of sp³-hybridized carbons (Fsp3) is 0. The zero-order valence-electron chi connectivity index (χ0n) is 25.6. The fourth-order valence-corrected chi connectivity index (χ4v) is 6.79. The van der Waals surface area contributed by atoms with Crippen molar-refractivity contribution in [3.8, 4) is 44.5 Å². The van der Waals surface area contributed by atoms with Gasteiger partial charge < -0.3 is 8.83 Å². The van der Waals surface area contributed by atoms with Crippen LogP contribution in [0.15, 0.2) is 176 Å². The zero-order valence-corrected chi connectivity index (χ0v) is 25.6. The molecule has 48 heavy (non-hydrogen) atoms. The topological polar surface area (TPSA) is 60.4 Å². The summed E-state index contributed by atoms with van der Waals surface area (Å²) in [6, 6.07) is 51.4. The molecule has 226 valence electrons. The molecule has 0 saturated carbocycles. The van der Waals surface area contributed by atoms with E-state index in [2.05, 4.69) is 48.5 Å². The number of hydrogen-bond acceptors (Lipinski definition) is 4. The van der Waals surface area contributed by atoms with Crippen molar-refractivity contribution in [1.82, 2.24) is 0 Å². The first-order valence-electron chi connectivity index (χ1n) is 15.8. The quantitative estimate of drug-likeness (QED) is 0.145. The lowest BCUT2D eigenvalue weighted by atomic mass is 9.94. The molecule has 0 radical (unpaired) electrons. The zero-order chi connectivity index (χ0) is 32.2. The minimum atomic E-state index is -0.243. The van der Waals surface area contributed by atoms with Gasteiger partial charge in [0, 0.05) is 0 Å². The van der Waals surface area contributed by atoms with E-state index in [1.807, 2.05) is 84.9 Å². The van der Waals surface area contributed by atoms with Crippen LogP contribution in [0.4, 0.5) is 0 Å². The second kappa shape index (κ2) is 11.1. The molecule has 7 aromatic carbocycles. The Morgan fingerprint density at radius 1 is 0.333 bits per heavy atom. The van der Waals surface area contributed by atoms with Gasteiger partial charge >= 0.3 is 0 Å². The van der Waals surface area contributed by atoms with Gasteiger partial charge in [0.1, 0.15) is 22.1 Å². The highest BCUT2D eigenvalue weighted by molar-refractivity contribution is 6.08. The molecule has 9 aromatic rings. The van der Waals surface area contributed by atoms with Crippen LogP contribution in [0.2, 0.25) is 0 Å². The largest absolute Gasteiger partial charge is 0.456 e. The second-order valence-corrected chi connectivity index (χ2v) is 11.9. The van der Waals surface area contributed by atoms with Crippen LogP contribution in [0.25, 0.3) is 88.4 Å². The molecule has 0 fully saturated rings. The lowest BCUT2D eigenvalue weighted by Gasteiger charge is -2.12. The van der Waals surface area contributed by atoms with Crippen LogP contribution in [0.5, 0.6) is 0 Å². The Labute approximate surface area is 274 Å². The predicted octanol–water partition coefficient (Wildman–Crippen LogP) is 10.9. The van der Waals surface area contributed by atoms with Gasteiger partial charge in [-0.05, 0) is 80.9 Å². The van der Waals surface area contributed by atoms with Crippen molar-refractivity contribution in [2.75, 3.05) is 0 Å². The average molecular weight is 619 g/mol. The molecule has 0 aliphatic carbocycles. The molecule has 0 aliphatic heterocycles. The molecule has 4 nitrogen and oxygen atoms in total. The maximum atomic E-state index is 14.2. The molecule has 0 N–H and O–H groups in total. The molecule has 0 spiro atoms. The van der Waals surface area contributed by atoms with Crippen molar-refractivity contribution in [2.45, 2.75) is 0 Å². The maximum absolute atomic E-state index is 14.2. The van der Waals surface area contributed by atoms with Gasteiger partial charge in [0.05, 0.1) is 16.2 Å². The fourth-order valence-electron chi connectivity index (χ4n) is 6.79. The van der Waals surface area contributed by atoms with Crippen LogP contribution in [0.3, 0.4) is 0 Å². The Morgan fingerprint density at radius 2 is 0.771 bits per heavy atom. The third-order valence-corrected chi connectivity index (χ3v) is 9.12. The van der Waals surface area contributed by atoms with E-state index in [9.17, 15) is 9.59 Å². The molecule has 0 atom stereocenters. The van der Waals surface area contributed by atoms with E-state index in [1.165, 1.54) is 0 Å². The van der Waals surface area contributed by atoms with Gasteiger partial charge in [0.25, 0.3) is 0 Å². The molecule has 0 bridgehead atoms. The van der Waals surface area contributed by atoms with Crippen LogP contribution in [0.1, 0.15) is 0 Å². The molecule has 0 unspecified atom stereocenters. The Hall–Kier alpha value is -6.52. The molecule has 4 heteroatoms. The Balaban J connectivity index is 1.23. The highest BCUT2D eigenvalue weighted by atomic mass is 16.3. The number of benzene rings is 7. The Bertz CT molecular complexity index is 2810. The van der Waals surface area contributed by atoms with E-state index >= 15 is 0 Å². The number of hydrogen-bond donors (Lipinski definition) is 0. The molecule has 2 heterocycles. The van der Waals surface area contributed by atoms with Crippen molar-refractivity contribution in [3.63, 3.8) is 0 Å². The van der Waals surface area contributed by atoms with Crippen molar-refractivity contribution >= 4 is 43.9 Å². The predicted molar refractivity (Wildman–Crippen MR) is 195 cm³/mol. The van der Waals surface area contributed by atoms with E-state index in [-0.39, 0.29) is 21.8 Å². The lowest BCUT2D eigenvalue weighted by molar-refractivity contribution is 0.649. The molecule has 0 saturated heterocycles. The summed E-state index contributed by atoms with van der Waals surface area (Å²) in [6.07, 6.45) is 0. The van der Waals surface area contributed by atoms with Gasteiger partial charge in [0.15, 0.2) is 5.58 Å². The van der Waals surface area contributed by atoms with Crippen LogP contribution in [0, 0.1) is 0 Å². The molecule has 2 aromatic heterocycles. The van der Waals surface area contributed by atoms with Gasteiger partial charge in [-0.3, -0.25) is 9.59 Å². The molecule has 0 amide bonds. The summed E-state index contributed by atoms with van der Waals surface area (Å²) in [4.78, 5) is 28.0. The van der Waals surface area contributed by atoms with Crippen molar-refractivity contribution < 1.29 is 8.83 Å². The summed E-state index contributed by atoms with van der Waals surface area (Å²) in [5.74, 6) is 0. The highest BCUT2D eigenvalue weighted by Gasteiger charge is 2.18. The molecular formula is C44H26O4.